The molecule has 0 aromatic rings. The number of carbonyl (C=O) groups is 3. The Balaban J connectivity index is 2.40. The first-order valence-electron chi connectivity index (χ1n) is 8.52. The highest BCUT2D eigenvalue weighted by molar-refractivity contribution is 5.81. The van der Waals surface area contributed by atoms with Crippen molar-refractivity contribution >= 4 is 17.9 Å². The average molecular weight is 390 g/mol. The molecule has 1 aliphatic heterocycles. The first kappa shape index (κ1) is 23.0. The van der Waals surface area contributed by atoms with E-state index in [-0.39, 0.29) is 26.1 Å². The molecule has 1 rings (SSSR count). The Morgan fingerprint density at radius 2 is 1.70 bits per heavy atom. The van der Waals surface area contributed by atoms with E-state index in [9.17, 15) is 24.6 Å². The van der Waals surface area contributed by atoms with Gasteiger partial charge < -0.3 is 33.9 Å². The zero-order valence-electron chi connectivity index (χ0n) is 15.4. The van der Waals surface area contributed by atoms with Crippen LogP contribution in [0, 0.1) is 0 Å². The number of carbonyl (C=O) groups excluding carboxylic acids is 3. The number of esters is 3. The fourth-order valence-electron chi connectivity index (χ4n) is 2.42. The third kappa shape index (κ3) is 7.25. The van der Waals surface area contributed by atoms with E-state index < -0.39 is 48.6 Å². The highest BCUT2D eigenvalue weighted by Crippen LogP contribution is 2.26. The van der Waals surface area contributed by atoms with Crippen LogP contribution >= 0.6 is 0 Å². The fraction of sp³-hybridized carbons (Fsp3) is 0.706. The van der Waals surface area contributed by atoms with Gasteiger partial charge in [-0.15, -0.1) is 0 Å². The second-order valence-electron chi connectivity index (χ2n) is 5.71. The van der Waals surface area contributed by atoms with Gasteiger partial charge in [-0.05, 0) is 6.42 Å². The van der Waals surface area contributed by atoms with Crippen LogP contribution in [0.4, 0.5) is 0 Å². The van der Waals surface area contributed by atoms with E-state index in [1.54, 1.807) is 6.92 Å². The van der Waals surface area contributed by atoms with Crippen molar-refractivity contribution in [3.05, 3.63) is 12.7 Å². The SMILES string of the molecule is C=CC(=O)OCCOC(=O)CCC(=O)OC1[C@H](O)C(CC)O[C@H](OC)[C@H]1O. The molecule has 0 amide bonds. The zero-order valence-corrected chi connectivity index (χ0v) is 15.4. The van der Waals surface area contributed by atoms with Crippen LogP contribution in [0.5, 0.6) is 0 Å². The first-order valence-corrected chi connectivity index (χ1v) is 8.52. The third-order valence-electron chi connectivity index (χ3n) is 3.83. The molecule has 1 saturated heterocycles. The topological polar surface area (TPSA) is 138 Å². The van der Waals surface area contributed by atoms with Crippen LogP contribution in [-0.4, -0.2) is 79.2 Å². The molecule has 2 unspecified atom stereocenters. The molecule has 0 aromatic heterocycles. The molecule has 1 fully saturated rings. The predicted octanol–water partition coefficient (Wildman–Crippen LogP) is -0.546. The van der Waals surface area contributed by atoms with Gasteiger partial charge in [-0.3, -0.25) is 9.59 Å². The van der Waals surface area contributed by atoms with E-state index in [0.29, 0.717) is 6.42 Å². The average Bonchev–Trinajstić information content (AvgIpc) is 2.66. The van der Waals surface area contributed by atoms with E-state index in [0.717, 1.165) is 6.08 Å². The fourth-order valence-corrected chi connectivity index (χ4v) is 2.42. The number of hydrogen-bond donors (Lipinski definition) is 2. The molecule has 1 heterocycles. The molecule has 0 saturated carbocycles. The molecule has 1 aliphatic rings. The van der Waals surface area contributed by atoms with Crippen LogP contribution in [-0.2, 0) is 38.1 Å². The van der Waals surface area contributed by atoms with E-state index >= 15 is 0 Å². The Morgan fingerprint density at radius 1 is 1.07 bits per heavy atom. The maximum atomic E-state index is 11.9. The minimum Gasteiger partial charge on any atom is -0.462 e. The van der Waals surface area contributed by atoms with Gasteiger partial charge >= 0.3 is 17.9 Å². The summed E-state index contributed by atoms with van der Waals surface area (Å²) in [6.07, 6.45) is -4.73. The Morgan fingerprint density at radius 3 is 2.30 bits per heavy atom. The number of hydrogen-bond acceptors (Lipinski definition) is 10. The standard InChI is InChI=1S/C17H26O10/c1-4-10-14(21)16(15(22)17(23-3)26-10)27-13(20)7-6-12(19)25-9-8-24-11(18)5-2/h5,10,14-17,21-22H,2,4,6-9H2,1,3H3/t10?,14-,15+,16?,17+/m1/s1. The van der Waals surface area contributed by atoms with Crippen molar-refractivity contribution in [3.8, 4) is 0 Å². The molecule has 0 spiro atoms. The lowest BCUT2D eigenvalue weighted by Gasteiger charge is -2.41. The van der Waals surface area contributed by atoms with E-state index in [4.69, 9.17) is 18.9 Å². The molecule has 27 heavy (non-hydrogen) atoms. The molecule has 0 aliphatic carbocycles. The van der Waals surface area contributed by atoms with E-state index in [2.05, 4.69) is 11.3 Å². The molecule has 5 atom stereocenters. The van der Waals surface area contributed by atoms with Gasteiger partial charge in [0.25, 0.3) is 0 Å². The van der Waals surface area contributed by atoms with Gasteiger partial charge in [0.2, 0.25) is 0 Å². The molecule has 10 nitrogen and oxygen atoms in total. The first-order chi connectivity index (χ1) is 12.8. The minimum absolute atomic E-state index is 0.127. The molecule has 0 aromatic carbocycles. The van der Waals surface area contributed by atoms with Crippen molar-refractivity contribution in [1.29, 1.82) is 0 Å². The van der Waals surface area contributed by atoms with E-state index in [1.165, 1.54) is 7.11 Å². The van der Waals surface area contributed by atoms with Gasteiger partial charge in [0.1, 0.15) is 25.4 Å². The van der Waals surface area contributed by atoms with Crippen LogP contribution in [0.15, 0.2) is 12.7 Å². The quantitative estimate of drug-likeness (QED) is 0.216. The Labute approximate surface area is 157 Å². The Kier molecular flexibility index (Phi) is 9.94. The molecule has 2 N–H and O–H groups in total. The van der Waals surface area contributed by atoms with Gasteiger partial charge in [0, 0.05) is 13.2 Å². The second kappa shape index (κ2) is 11.7. The zero-order chi connectivity index (χ0) is 20.4. The van der Waals surface area contributed by atoms with Crippen LogP contribution in [0.3, 0.4) is 0 Å². The van der Waals surface area contributed by atoms with Gasteiger partial charge in [-0.1, -0.05) is 13.5 Å². The summed E-state index contributed by atoms with van der Waals surface area (Å²) in [6.45, 7) is 4.70. The highest BCUT2D eigenvalue weighted by atomic mass is 16.7. The molecule has 154 valence electrons. The van der Waals surface area contributed by atoms with Crippen molar-refractivity contribution in [2.45, 2.75) is 56.9 Å². The normalized spacial score (nSPS) is 27.5. The number of ether oxygens (including phenoxy) is 5. The highest BCUT2D eigenvalue weighted by Gasteiger charge is 2.46. The number of aliphatic hydroxyl groups excluding tert-OH is 2. The minimum atomic E-state index is -1.37. The van der Waals surface area contributed by atoms with Crippen molar-refractivity contribution < 1.29 is 48.3 Å². The van der Waals surface area contributed by atoms with Crippen LogP contribution in [0.2, 0.25) is 0 Å². The van der Waals surface area contributed by atoms with Crippen LogP contribution in [0.25, 0.3) is 0 Å². The van der Waals surface area contributed by atoms with Crippen molar-refractivity contribution in [2.24, 2.45) is 0 Å². The largest absolute Gasteiger partial charge is 0.462 e. The van der Waals surface area contributed by atoms with Gasteiger partial charge in [0.05, 0.1) is 18.9 Å². The maximum Gasteiger partial charge on any atom is 0.330 e. The molecule has 0 bridgehead atoms. The molecule has 0 radical (unpaired) electrons. The molecule has 10 heteroatoms. The van der Waals surface area contributed by atoms with Crippen LogP contribution < -0.4 is 0 Å². The Bertz CT molecular complexity index is 504. The van der Waals surface area contributed by atoms with Crippen molar-refractivity contribution in [1.82, 2.24) is 0 Å². The lowest BCUT2D eigenvalue weighted by atomic mass is 9.97. The number of methoxy groups -OCH3 is 1. The van der Waals surface area contributed by atoms with Crippen molar-refractivity contribution in [3.63, 3.8) is 0 Å². The molecular weight excluding hydrogens is 364 g/mol. The van der Waals surface area contributed by atoms with E-state index in [1.807, 2.05) is 0 Å². The second-order valence-corrected chi connectivity index (χ2v) is 5.71. The number of aliphatic hydroxyl groups is 2. The predicted molar refractivity (Wildman–Crippen MR) is 89.2 cm³/mol. The van der Waals surface area contributed by atoms with Crippen LogP contribution in [0.1, 0.15) is 26.2 Å². The summed E-state index contributed by atoms with van der Waals surface area (Å²) in [6, 6.07) is 0. The summed E-state index contributed by atoms with van der Waals surface area (Å²) in [7, 11) is 1.32. The summed E-state index contributed by atoms with van der Waals surface area (Å²) in [5, 5.41) is 20.3. The summed E-state index contributed by atoms with van der Waals surface area (Å²) in [5.74, 6) is -2.11. The number of rotatable bonds is 10. The summed E-state index contributed by atoms with van der Waals surface area (Å²) in [5.41, 5.74) is 0. The third-order valence-corrected chi connectivity index (χ3v) is 3.83. The van der Waals surface area contributed by atoms with Crippen molar-refractivity contribution in [2.75, 3.05) is 20.3 Å². The molecular formula is C17H26O10. The Hall–Kier alpha value is -2.01. The lowest BCUT2D eigenvalue weighted by molar-refractivity contribution is -0.293. The van der Waals surface area contributed by atoms with Gasteiger partial charge in [0.15, 0.2) is 12.4 Å². The maximum absolute atomic E-state index is 11.9. The van der Waals surface area contributed by atoms with Gasteiger partial charge in [-0.2, -0.15) is 0 Å². The lowest BCUT2D eigenvalue weighted by Crippen LogP contribution is -2.59. The van der Waals surface area contributed by atoms with Gasteiger partial charge in [-0.25, -0.2) is 4.79 Å². The summed E-state index contributed by atoms with van der Waals surface area (Å²) >= 11 is 0. The monoisotopic (exact) mass is 390 g/mol. The summed E-state index contributed by atoms with van der Waals surface area (Å²) in [4.78, 5) is 34.3. The smallest absolute Gasteiger partial charge is 0.330 e. The summed E-state index contributed by atoms with van der Waals surface area (Å²) < 4.78 is 24.9.